The third-order valence-electron chi connectivity index (χ3n) is 5.40. The van der Waals surface area contributed by atoms with E-state index in [0.29, 0.717) is 0 Å². The van der Waals surface area contributed by atoms with Crippen LogP contribution in [-0.2, 0) is 0 Å². The number of hydrogen-bond donors (Lipinski definition) is 0. The van der Waals surface area contributed by atoms with Gasteiger partial charge in [0, 0.05) is 49.0 Å². The molecule has 0 atom stereocenters. The van der Waals surface area contributed by atoms with Gasteiger partial charge in [0.25, 0.3) is 0 Å². The maximum absolute atomic E-state index is 4.61. The van der Waals surface area contributed by atoms with Gasteiger partial charge >= 0.3 is 0 Å². The minimum absolute atomic E-state index is 0.983. The molecular formula is C22H22N4S. The maximum Gasteiger partial charge on any atom is 0.137 e. The lowest BCUT2D eigenvalue weighted by Crippen LogP contribution is -2.44. The molecule has 1 aliphatic rings. The fraction of sp³-hybridized carbons (Fsp3) is 0.227. The smallest absolute Gasteiger partial charge is 0.137 e. The molecule has 5 heteroatoms. The van der Waals surface area contributed by atoms with Gasteiger partial charge < -0.3 is 9.80 Å². The molecule has 136 valence electrons. The Labute approximate surface area is 163 Å². The number of likely N-dealkylation sites (N-methyl/N-ethyl adjacent to an activating group) is 1. The highest BCUT2D eigenvalue weighted by Gasteiger charge is 2.14. The van der Waals surface area contributed by atoms with Crippen LogP contribution in [0.3, 0.4) is 0 Å². The van der Waals surface area contributed by atoms with Crippen molar-refractivity contribution in [2.24, 2.45) is 0 Å². The lowest BCUT2D eigenvalue weighted by molar-refractivity contribution is 0.313. The van der Waals surface area contributed by atoms with Crippen LogP contribution in [0.4, 0.5) is 5.69 Å². The van der Waals surface area contributed by atoms with Crippen molar-refractivity contribution in [3.8, 4) is 22.4 Å². The van der Waals surface area contributed by atoms with Gasteiger partial charge in [0.05, 0.1) is 11.9 Å². The van der Waals surface area contributed by atoms with E-state index in [2.05, 4.69) is 85.7 Å². The Morgan fingerprint density at radius 1 is 0.889 bits per heavy atom. The summed E-state index contributed by atoms with van der Waals surface area (Å²) in [4.78, 5) is 9.46. The number of anilines is 1. The van der Waals surface area contributed by atoms with Gasteiger partial charge in [0.2, 0.25) is 0 Å². The molecule has 27 heavy (non-hydrogen) atoms. The number of pyridine rings is 1. The highest BCUT2D eigenvalue weighted by Crippen LogP contribution is 2.28. The van der Waals surface area contributed by atoms with Crippen LogP contribution in [0.5, 0.6) is 0 Å². The summed E-state index contributed by atoms with van der Waals surface area (Å²) >= 11 is 1.71. The monoisotopic (exact) mass is 374 g/mol. The predicted octanol–water partition coefficient (Wildman–Crippen LogP) is 4.48. The van der Waals surface area contributed by atoms with Crippen molar-refractivity contribution in [1.29, 1.82) is 0 Å². The molecular weight excluding hydrogens is 352 g/mol. The van der Waals surface area contributed by atoms with E-state index < -0.39 is 0 Å². The molecule has 0 bridgehead atoms. The summed E-state index contributed by atoms with van der Waals surface area (Å²) in [6.07, 6.45) is 4.08. The Morgan fingerprint density at radius 3 is 2.44 bits per heavy atom. The van der Waals surface area contributed by atoms with Crippen molar-refractivity contribution in [3.63, 3.8) is 0 Å². The van der Waals surface area contributed by atoms with Gasteiger partial charge in [-0.3, -0.25) is 4.40 Å². The SMILES string of the molecule is CN1CCN(c2ccc(-c3ccn4c(-c5ccsc5)cnc4c3)cc2)CC1. The second kappa shape index (κ2) is 6.83. The van der Waals surface area contributed by atoms with E-state index in [-0.39, 0.29) is 0 Å². The highest BCUT2D eigenvalue weighted by atomic mass is 32.1. The zero-order chi connectivity index (χ0) is 18.2. The summed E-state index contributed by atoms with van der Waals surface area (Å²) in [5.41, 5.74) is 7.09. The summed E-state index contributed by atoms with van der Waals surface area (Å²) in [6, 6.07) is 15.4. The molecule has 4 aromatic rings. The molecule has 4 heterocycles. The molecule has 1 aromatic carbocycles. The Balaban J connectivity index is 1.42. The lowest BCUT2D eigenvalue weighted by Gasteiger charge is -2.34. The number of nitrogens with zero attached hydrogens (tertiary/aromatic N) is 4. The quantitative estimate of drug-likeness (QED) is 0.528. The van der Waals surface area contributed by atoms with Crippen molar-refractivity contribution in [1.82, 2.24) is 14.3 Å². The van der Waals surface area contributed by atoms with E-state index in [1.165, 1.54) is 22.4 Å². The molecule has 1 fully saturated rings. The molecule has 0 amide bonds. The topological polar surface area (TPSA) is 23.8 Å². The van der Waals surface area contributed by atoms with Crippen LogP contribution in [0.15, 0.2) is 65.6 Å². The zero-order valence-electron chi connectivity index (χ0n) is 15.4. The first-order valence-electron chi connectivity index (χ1n) is 9.31. The minimum atomic E-state index is 0.983. The Morgan fingerprint density at radius 2 is 1.70 bits per heavy atom. The van der Waals surface area contributed by atoms with E-state index >= 15 is 0 Å². The number of benzene rings is 1. The molecule has 0 saturated carbocycles. The van der Waals surface area contributed by atoms with E-state index in [0.717, 1.165) is 37.5 Å². The van der Waals surface area contributed by atoms with Crippen LogP contribution in [0.1, 0.15) is 0 Å². The first kappa shape index (κ1) is 16.5. The van der Waals surface area contributed by atoms with Gasteiger partial charge in [0.15, 0.2) is 0 Å². The Kier molecular flexibility index (Phi) is 4.19. The van der Waals surface area contributed by atoms with E-state index in [9.17, 15) is 0 Å². The van der Waals surface area contributed by atoms with E-state index in [1.807, 2.05) is 6.20 Å². The largest absolute Gasteiger partial charge is 0.369 e. The number of piperazine rings is 1. The molecule has 0 radical (unpaired) electrons. The van der Waals surface area contributed by atoms with Crippen molar-refractivity contribution in [2.45, 2.75) is 0 Å². The fourth-order valence-corrected chi connectivity index (χ4v) is 4.36. The summed E-state index contributed by atoms with van der Waals surface area (Å²) in [5.74, 6) is 0. The number of aromatic nitrogens is 2. The van der Waals surface area contributed by atoms with Crippen molar-refractivity contribution >= 4 is 22.7 Å². The average molecular weight is 375 g/mol. The van der Waals surface area contributed by atoms with Crippen molar-refractivity contribution in [3.05, 3.63) is 65.6 Å². The fourth-order valence-electron chi connectivity index (χ4n) is 3.71. The van der Waals surface area contributed by atoms with Crippen LogP contribution in [0.25, 0.3) is 28.0 Å². The molecule has 4 nitrogen and oxygen atoms in total. The van der Waals surface area contributed by atoms with Crippen LogP contribution < -0.4 is 4.90 Å². The first-order valence-corrected chi connectivity index (χ1v) is 10.3. The molecule has 1 saturated heterocycles. The summed E-state index contributed by atoms with van der Waals surface area (Å²) in [6.45, 7) is 4.46. The maximum atomic E-state index is 4.61. The van der Waals surface area contributed by atoms with Crippen LogP contribution >= 0.6 is 11.3 Å². The van der Waals surface area contributed by atoms with Gasteiger partial charge in [-0.15, -0.1) is 0 Å². The molecule has 1 aliphatic heterocycles. The third kappa shape index (κ3) is 3.13. The van der Waals surface area contributed by atoms with Crippen LogP contribution in [0.2, 0.25) is 0 Å². The number of hydrogen-bond acceptors (Lipinski definition) is 4. The second-order valence-corrected chi connectivity index (χ2v) is 7.92. The summed E-state index contributed by atoms with van der Waals surface area (Å²) in [5, 5.41) is 4.26. The van der Waals surface area contributed by atoms with E-state index in [1.54, 1.807) is 11.3 Å². The number of rotatable bonds is 3. The second-order valence-electron chi connectivity index (χ2n) is 7.14. The molecule has 0 N–H and O–H groups in total. The minimum Gasteiger partial charge on any atom is -0.369 e. The Bertz CT molecular complexity index is 1040. The van der Waals surface area contributed by atoms with Gasteiger partial charge in [-0.1, -0.05) is 12.1 Å². The Hall–Kier alpha value is -2.63. The van der Waals surface area contributed by atoms with Crippen molar-refractivity contribution in [2.75, 3.05) is 38.1 Å². The van der Waals surface area contributed by atoms with Crippen LogP contribution in [0, 0.1) is 0 Å². The zero-order valence-corrected chi connectivity index (χ0v) is 16.2. The molecule has 0 spiro atoms. The van der Waals surface area contributed by atoms with Gasteiger partial charge in [-0.05, 0) is 53.9 Å². The van der Waals surface area contributed by atoms with E-state index in [4.69, 9.17) is 0 Å². The van der Waals surface area contributed by atoms with Gasteiger partial charge in [-0.2, -0.15) is 11.3 Å². The van der Waals surface area contributed by atoms with Gasteiger partial charge in [0.1, 0.15) is 5.65 Å². The number of thiophene rings is 1. The molecule has 0 aliphatic carbocycles. The number of fused-ring (bicyclic) bond motifs is 1. The third-order valence-corrected chi connectivity index (χ3v) is 6.08. The lowest BCUT2D eigenvalue weighted by atomic mass is 10.1. The summed E-state index contributed by atoms with van der Waals surface area (Å²) < 4.78 is 2.16. The predicted molar refractivity (Wildman–Crippen MR) is 114 cm³/mol. The first-order chi connectivity index (χ1) is 13.3. The average Bonchev–Trinajstić information content (AvgIpc) is 3.38. The van der Waals surface area contributed by atoms with Crippen LogP contribution in [-0.4, -0.2) is 47.5 Å². The van der Waals surface area contributed by atoms with Crippen molar-refractivity contribution < 1.29 is 0 Å². The molecule has 3 aromatic heterocycles. The number of imidazole rings is 1. The molecule has 5 rings (SSSR count). The molecule has 0 unspecified atom stereocenters. The normalized spacial score (nSPS) is 15.5. The highest BCUT2D eigenvalue weighted by molar-refractivity contribution is 7.08. The van der Waals surface area contributed by atoms with Gasteiger partial charge in [-0.25, -0.2) is 4.98 Å². The summed E-state index contributed by atoms with van der Waals surface area (Å²) in [7, 11) is 2.19. The standard InChI is InChI=1S/C22H22N4S/c1-24-9-11-25(12-10-24)20-4-2-17(3-5-20)18-6-8-26-21(15-23-22(26)14-18)19-7-13-27-16-19/h2-8,13-16H,9-12H2,1H3.